The summed E-state index contributed by atoms with van der Waals surface area (Å²) in [5.41, 5.74) is 1.61. The van der Waals surface area contributed by atoms with E-state index in [0.29, 0.717) is 5.75 Å². The summed E-state index contributed by atoms with van der Waals surface area (Å²) in [7, 11) is 1.58. The van der Waals surface area contributed by atoms with Gasteiger partial charge in [-0.3, -0.25) is 4.79 Å². The molecule has 0 saturated carbocycles. The minimum absolute atomic E-state index is 0.149. The normalized spacial score (nSPS) is 11.9. The van der Waals surface area contributed by atoms with Gasteiger partial charge in [-0.05, 0) is 28.5 Å². The number of rotatable bonds is 6. The smallest absolute Gasteiger partial charge is 0.224 e. The van der Waals surface area contributed by atoms with E-state index < -0.39 is 6.10 Å². The van der Waals surface area contributed by atoms with Crippen LogP contribution in [-0.2, 0) is 11.2 Å². The van der Waals surface area contributed by atoms with Crippen LogP contribution < -0.4 is 10.1 Å². The van der Waals surface area contributed by atoms with Crippen molar-refractivity contribution in [3.8, 4) is 5.75 Å². The van der Waals surface area contributed by atoms with E-state index >= 15 is 0 Å². The molecular weight excluding hydrogens is 314 g/mol. The number of nitrogens with one attached hydrogen (secondary N) is 1. The lowest BCUT2D eigenvalue weighted by Crippen LogP contribution is -2.29. The molecule has 3 aromatic carbocycles. The van der Waals surface area contributed by atoms with Crippen LogP contribution in [0.4, 0.5) is 0 Å². The molecule has 4 nitrogen and oxygen atoms in total. The molecule has 0 bridgehead atoms. The van der Waals surface area contributed by atoms with Crippen LogP contribution in [0.15, 0.2) is 66.7 Å². The third kappa shape index (κ3) is 4.17. The summed E-state index contributed by atoms with van der Waals surface area (Å²) in [6.07, 6.45) is -0.528. The number of methoxy groups -OCH3 is 1. The van der Waals surface area contributed by atoms with E-state index in [9.17, 15) is 9.90 Å². The van der Waals surface area contributed by atoms with E-state index in [1.54, 1.807) is 7.11 Å². The Bertz CT molecular complexity index is 876. The summed E-state index contributed by atoms with van der Waals surface area (Å²) < 4.78 is 5.25. The van der Waals surface area contributed by atoms with Gasteiger partial charge in [0.05, 0.1) is 19.6 Å². The fraction of sp³-hybridized carbons (Fsp3) is 0.190. The number of carbonyl (C=O) groups is 1. The van der Waals surface area contributed by atoms with Crippen molar-refractivity contribution in [1.82, 2.24) is 5.32 Å². The summed E-state index contributed by atoms with van der Waals surface area (Å²) in [6, 6.07) is 21.2. The number of benzene rings is 3. The zero-order valence-electron chi connectivity index (χ0n) is 14.1. The van der Waals surface area contributed by atoms with Crippen molar-refractivity contribution in [3.63, 3.8) is 0 Å². The minimum Gasteiger partial charge on any atom is -0.496 e. The molecule has 4 heteroatoms. The second kappa shape index (κ2) is 7.81. The topological polar surface area (TPSA) is 58.6 Å². The Hall–Kier alpha value is -2.85. The molecular formula is C21H21NO3. The molecule has 0 aromatic heterocycles. The fourth-order valence-electron chi connectivity index (χ4n) is 2.83. The average molecular weight is 335 g/mol. The number of hydrogen-bond acceptors (Lipinski definition) is 3. The zero-order valence-corrected chi connectivity index (χ0v) is 14.1. The Morgan fingerprint density at radius 1 is 1.04 bits per heavy atom. The highest BCUT2D eigenvalue weighted by molar-refractivity contribution is 5.83. The van der Waals surface area contributed by atoms with E-state index in [4.69, 9.17) is 4.74 Å². The molecule has 0 fully saturated rings. The zero-order chi connectivity index (χ0) is 17.6. The van der Waals surface area contributed by atoms with Gasteiger partial charge >= 0.3 is 0 Å². The molecule has 0 aliphatic carbocycles. The number of aliphatic hydroxyl groups is 1. The Morgan fingerprint density at radius 2 is 1.76 bits per heavy atom. The number of carbonyl (C=O) groups excluding carboxylic acids is 1. The molecule has 3 aromatic rings. The first-order chi connectivity index (χ1) is 12.2. The third-order valence-electron chi connectivity index (χ3n) is 4.19. The van der Waals surface area contributed by atoms with Crippen molar-refractivity contribution in [2.45, 2.75) is 12.5 Å². The lowest BCUT2D eigenvalue weighted by molar-refractivity contribution is -0.120. The van der Waals surface area contributed by atoms with Crippen LogP contribution in [0.5, 0.6) is 5.75 Å². The molecule has 2 N–H and O–H groups in total. The summed E-state index contributed by atoms with van der Waals surface area (Å²) in [4.78, 5) is 12.2. The van der Waals surface area contributed by atoms with E-state index in [-0.39, 0.29) is 18.9 Å². The molecule has 1 atom stereocenters. The van der Waals surface area contributed by atoms with Gasteiger partial charge in [0, 0.05) is 12.1 Å². The monoisotopic (exact) mass is 335 g/mol. The van der Waals surface area contributed by atoms with E-state index in [0.717, 1.165) is 21.9 Å². The Labute approximate surface area is 147 Å². The van der Waals surface area contributed by atoms with Crippen molar-refractivity contribution in [1.29, 1.82) is 0 Å². The van der Waals surface area contributed by atoms with Crippen molar-refractivity contribution in [2.75, 3.05) is 13.7 Å². The predicted molar refractivity (Wildman–Crippen MR) is 98.6 cm³/mol. The largest absolute Gasteiger partial charge is 0.496 e. The number of ether oxygens (including phenoxy) is 1. The maximum absolute atomic E-state index is 12.2. The van der Waals surface area contributed by atoms with Crippen LogP contribution in [0.1, 0.15) is 17.2 Å². The number of aliphatic hydroxyl groups excluding tert-OH is 1. The molecule has 0 heterocycles. The maximum atomic E-state index is 12.2. The number of fused-ring (bicyclic) bond motifs is 1. The molecule has 0 spiro atoms. The second-order valence-corrected chi connectivity index (χ2v) is 5.92. The molecule has 128 valence electrons. The molecule has 25 heavy (non-hydrogen) atoms. The Morgan fingerprint density at radius 3 is 2.56 bits per heavy atom. The molecule has 0 aliphatic heterocycles. The van der Waals surface area contributed by atoms with Crippen LogP contribution in [0.25, 0.3) is 10.8 Å². The van der Waals surface area contributed by atoms with E-state index in [2.05, 4.69) is 5.32 Å². The average Bonchev–Trinajstić information content (AvgIpc) is 2.66. The van der Waals surface area contributed by atoms with Gasteiger partial charge in [-0.2, -0.15) is 0 Å². The fourth-order valence-corrected chi connectivity index (χ4v) is 2.83. The van der Waals surface area contributed by atoms with E-state index in [1.807, 2.05) is 66.7 Å². The third-order valence-corrected chi connectivity index (χ3v) is 4.19. The molecule has 1 amide bonds. The summed E-state index contributed by atoms with van der Waals surface area (Å²) >= 11 is 0. The van der Waals surface area contributed by atoms with Crippen LogP contribution in [0.2, 0.25) is 0 Å². The Kier molecular flexibility index (Phi) is 5.31. The Balaban J connectivity index is 1.61. The van der Waals surface area contributed by atoms with Crippen molar-refractivity contribution >= 4 is 16.7 Å². The molecule has 0 unspecified atom stereocenters. The molecule has 0 saturated heterocycles. The van der Waals surface area contributed by atoms with Gasteiger partial charge in [-0.15, -0.1) is 0 Å². The number of para-hydroxylation sites is 1. The first-order valence-corrected chi connectivity index (χ1v) is 8.23. The van der Waals surface area contributed by atoms with Gasteiger partial charge in [0.2, 0.25) is 5.91 Å². The SMILES string of the molecule is COc1ccccc1CC(=O)NC[C@@H](O)c1ccc2ccccc2c1. The van der Waals surface area contributed by atoms with Gasteiger partial charge in [0.1, 0.15) is 5.75 Å². The lowest BCUT2D eigenvalue weighted by Gasteiger charge is -2.14. The van der Waals surface area contributed by atoms with Crippen molar-refractivity contribution in [3.05, 3.63) is 77.9 Å². The highest BCUT2D eigenvalue weighted by Crippen LogP contribution is 2.20. The first kappa shape index (κ1) is 17.0. The maximum Gasteiger partial charge on any atom is 0.224 e. The quantitative estimate of drug-likeness (QED) is 0.727. The standard InChI is InChI=1S/C21H21NO3/c1-25-20-9-5-4-8-18(20)13-21(24)22-14-19(23)17-11-10-15-6-2-3-7-16(15)12-17/h2-12,19,23H,13-14H2,1H3,(H,22,24)/t19-/m1/s1. The van der Waals surface area contributed by atoms with Gasteiger partial charge in [0.25, 0.3) is 0 Å². The van der Waals surface area contributed by atoms with Crippen molar-refractivity contribution < 1.29 is 14.6 Å². The summed E-state index contributed by atoms with van der Waals surface area (Å²) in [5, 5.41) is 15.3. The van der Waals surface area contributed by atoms with Gasteiger partial charge in [-0.1, -0.05) is 54.6 Å². The molecule has 3 rings (SSSR count). The summed E-state index contributed by atoms with van der Waals surface area (Å²) in [5.74, 6) is 0.539. The van der Waals surface area contributed by atoms with E-state index in [1.165, 1.54) is 0 Å². The van der Waals surface area contributed by atoms with Crippen LogP contribution in [0, 0.1) is 0 Å². The molecule has 0 radical (unpaired) electrons. The highest BCUT2D eigenvalue weighted by atomic mass is 16.5. The van der Waals surface area contributed by atoms with Crippen molar-refractivity contribution in [2.24, 2.45) is 0 Å². The molecule has 0 aliphatic rings. The van der Waals surface area contributed by atoms with Gasteiger partial charge < -0.3 is 15.2 Å². The summed E-state index contributed by atoms with van der Waals surface area (Å²) in [6.45, 7) is 0.173. The van der Waals surface area contributed by atoms with Crippen LogP contribution in [-0.4, -0.2) is 24.7 Å². The number of hydrogen-bond donors (Lipinski definition) is 2. The van der Waals surface area contributed by atoms with Crippen LogP contribution in [0.3, 0.4) is 0 Å². The first-order valence-electron chi connectivity index (χ1n) is 8.23. The highest BCUT2D eigenvalue weighted by Gasteiger charge is 2.12. The van der Waals surface area contributed by atoms with Gasteiger partial charge in [-0.25, -0.2) is 0 Å². The lowest BCUT2D eigenvalue weighted by atomic mass is 10.0. The van der Waals surface area contributed by atoms with Gasteiger partial charge in [0.15, 0.2) is 0 Å². The predicted octanol–water partition coefficient (Wildman–Crippen LogP) is 3.24. The number of amides is 1. The van der Waals surface area contributed by atoms with Crippen LogP contribution >= 0.6 is 0 Å². The second-order valence-electron chi connectivity index (χ2n) is 5.92. The minimum atomic E-state index is -0.744.